The first-order chi connectivity index (χ1) is 9.15. The molecule has 19 heavy (non-hydrogen) atoms. The smallest absolute Gasteiger partial charge is 0.273 e. The molecule has 0 atom stereocenters. The van der Waals surface area contributed by atoms with Gasteiger partial charge in [0.15, 0.2) is 0 Å². The summed E-state index contributed by atoms with van der Waals surface area (Å²) in [6.07, 6.45) is 0.891. The number of para-hydroxylation sites is 1. The number of hydrogen-bond donors (Lipinski definition) is 1. The average molecular weight is 257 g/mol. The molecule has 2 rings (SSSR count). The van der Waals surface area contributed by atoms with Crippen LogP contribution in [0, 0.1) is 6.92 Å². The molecule has 0 aliphatic rings. The van der Waals surface area contributed by atoms with Gasteiger partial charge in [0, 0.05) is 12.2 Å². The topological polar surface area (TPSA) is 46.9 Å². The Morgan fingerprint density at radius 2 is 2.05 bits per heavy atom. The maximum absolute atomic E-state index is 12.3. The van der Waals surface area contributed by atoms with E-state index in [2.05, 4.69) is 17.3 Å². The third kappa shape index (κ3) is 2.84. The predicted molar refractivity (Wildman–Crippen MR) is 76.4 cm³/mol. The van der Waals surface area contributed by atoms with Crippen LogP contribution in [0.2, 0.25) is 0 Å². The second-order valence-corrected chi connectivity index (χ2v) is 4.45. The summed E-state index contributed by atoms with van der Waals surface area (Å²) in [6, 6.07) is 9.67. The normalized spacial score (nSPS) is 10.5. The van der Waals surface area contributed by atoms with Crippen LogP contribution >= 0.6 is 0 Å². The molecule has 0 saturated carbocycles. The highest BCUT2D eigenvalue weighted by molar-refractivity contribution is 6.03. The number of carbonyl (C=O) groups is 1. The lowest BCUT2D eigenvalue weighted by Crippen LogP contribution is -2.18. The lowest BCUT2D eigenvalue weighted by molar-refractivity contribution is 0.101. The Morgan fingerprint density at radius 1 is 1.32 bits per heavy atom. The van der Waals surface area contributed by atoms with E-state index in [0.29, 0.717) is 12.2 Å². The fraction of sp³-hybridized carbons (Fsp3) is 0.333. The molecule has 4 nitrogen and oxygen atoms in total. The van der Waals surface area contributed by atoms with Gasteiger partial charge in [-0.1, -0.05) is 25.1 Å². The summed E-state index contributed by atoms with van der Waals surface area (Å²) in [5.41, 5.74) is 3.47. The number of aryl methyl sites for hydroxylation is 3. The van der Waals surface area contributed by atoms with E-state index in [9.17, 15) is 4.79 Å². The zero-order valence-electron chi connectivity index (χ0n) is 11.6. The van der Waals surface area contributed by atoms with Crippen molar-refractivity contribution in [3.63, 3.8) is 0 Å². The number of carbonyl (C=O) groups excluding carboxylic acids is 1. The lowest BCUT2D eigenvalue weighted by atomic mass is 10.1. The van der Waals surface area contributed by atoms with Gasteiger partial charge < -0.3 is 5.32 Å². The molecule has 0 spiro atoms. The van der Waals surface area contributed by atoms with Crippen LogP contribution in [0.5, 0.6) is 0 Å². The summed E-state index contributed by atoms with van der Waals surface area (Å²) in [6.45, 7) is 6.63. The molecule has 100 valence electrons. The number of nitrogens with zero attached hydrogens (tertiary/aromatic N) is 2. The zero-order chi connectivity index (χ0) is 13.8. The Morgan fingerprint density at radius 3 is 2.74 bits per heavy atom. The van der Waals surface area contributed by atoms with Crippen molar-refractivity contribution >= 4 is 11.6 Å². The highest BCUT2D eigenvalue weighted by Crippen LogP contribution is 2.17. The van der Waals surface area contributed by atoms with Gasteiger partial charge >= 0.3 is 0 Å². The summed E-state index contributed by atoms with van der Waals surface area (Å²) in [5, 5.41) is 7.26. The van der Waals surface area contributed by atoms with E-state index in [1.165, 1.54) is 0 Å². The number of rotatable bonds is 4. The van der Waals surface area contributed by atoms with Crippen molar-refractivity contribution in [2.24, 2.45) is 0 Å². The molecular weight excluding hydrogens is 238 g/mol. The van der Waals surface area contributed by atoms with Gasteiger partial charge in [0.1, 0.15) is 5.69 Å². The number of nitrogens with one attached hydrogen (secondary N) is 1. The van der Waals surface area contributed by atoms with Crippen molar-refractivity contribution < 1.29 is 4.79 Å². The largest absolute Gasteiger partial charge is 0.320 e. The Bertz CT molecular complexity index is 587. The van der Waals surface area contributed by atoms with Crippen LogP contribution in [0.25, 0.3) is 0 Å². The van der Waals surface area contributed by atoms with Crippen molar-refractivity contribution in [3.8, 4) is 0 Å². The molecule has 2 aromatic rings. The predicted octanol–water partition coefficient (Wildman–Crippen LogP) is 3.03. The number of benzene rings is 1. The molecule has 0 bridgehead atoms. The van der Waals surface area contributed by atoms with Crippen molar-refractivity contribution in [1.82, 2.24) is 9.78 Å². The van der Waals surface area contributed by atoms with E-state index < -0.39 is 0 Å². The number of anilines is 1. The second-order valence-electron chi connectivity index (χ2n) is 4.45. The second kappa shape index (κ2) is 5.69. The molecule has 1 N–H and O–H groups in total. The molecule has 1 aromatic carbocycles. The van der Waals surface area contributed by atoms with Gasteiger partial charge in [-0.2, -0.15) is 5.10 Å². The van der Waals surface area contributed by atoms with Crippen LogP contribution in [0.4, 0.5) is 5.69 Å². The fourth-order valence-corrected chi connectivity index (χ4v) is 2.11. The van der Waals surface area contributed by atoms with E-state index in [1.54, 1.807) is 4.68 Å². The van der Waals surface area contributed by atoms with Crippen LogP contribution in [0.15, 0.2) is 30.3 Å². The minimum atomic E-state index is -0.108. The van der Waals surface area contributed by atoms with Gasteiger partial charge in [-0.15, -0.1) is 0 Å². The molecular formula is C15H19N3O. The SMILES string of the molecule is CCc1ccccc1NC(=O)c1cc(C)nn1CC. The van der Waals surface area contributed by atoms with Crippen molar-refractivity contribution in [2.75, 3.05) is 5.32 Å². The first kappa shape index (κ1) is 13.3. The Labute approximate surface area is 113 Å². The average Bonchev–Trinajstić information content (AvgIpc) is 2.80. The van der Waals surface area contributed by atoms with E-state index in [1.807, 2.05) is 44.2 Å². The maximum Gasteiger partial charge on any atom is 0.273 e. The van der Waals surface area contributed by atoms with E-state index in [0.717, 1.165) is 23.4 Å². The Hall–Kier alpha value is -2.10. The fourth-order valence-electron chi connectivity index (χ4n) is 2.11. The standard InChI is InChI=1S/C15H19N3O/c1-4-12-8-6-7-9-13(12)16-15(19)14-10-11(3)17-18(14)5-2/h6-10H,4-5H2,1-3H3,(H,16,19). The first-order valence-corrected chi connectivity index (χ1v) is 6.59. The highest BCUT2D eigenvalue weighted by atomic mass is 16.2. The monoisotopic (exact) mass is 257 g/mol. The molecule has 0 fully saturated rings. The van der Waals surface area contributed by atoms with Crippen molar-refractivity contribution in [3.05, 3.63) is 47.3 Å². The number of aromatic nitrogens is 2. The lowest BCUT2D eigenvalue weighted by Gasteiger charge is -2.10. The summed E-state index contributed by atoms with van der Waals surface area (Å²) in [7, 11) is 0. The van der Waals surface area contributed by atoms with E-state index >= 15 is 0 Å². The summed E-state index contributed by atoms with van der Waals surface area (Å²) < 4.78 is 1.72. The van der Waals surface area contributed by atoms with Crippen molar-refractivity contribution in [1.29, 1.82) is 0 Å². The van der Waals surface area contributed by atoms with Gasteiger partial charge in [0.25, 0.3) is 5.91 Å². The zero-order valence-corrected chi connectivity index (χ0v) is 11.6. The summed E-state index contributed by atoms with van der Waals surface area (Å²) in [5.74, 6) is -0.108. The minimum Gasteiger partial charge on any atom is -0.320 e. The highest BCUT2D eigenvalue weighted by Gasteiger charge is 2.14. The van der Waals surface area contributed by atoms with Gasteiger partial charge in [0.05, 0.1) is 5.69 Å². The van der Waals surface area contributed by atoms with Gasteiger partial charge in [-0.3, -0.25) is 9.48 Å². The maximum atomic E-state index is 12.3. The van der Waals surface area contributed by atoms with Crippen LogP contribution in [0.3, 0.4) is 0 Å². The van der Waals surface area contributed by atoms with Crippen LogP contribution in [0.1, 0.15) is 35.6 Å². The molecule has 0 aliphatic carbocycles. The summed E-state index contributed by atoms with van der Waals surface area (Å²) >= 11 is 0. The summed E-state index contributed by atoms with van der Waals surface area (Å²) in [4.78, 5) is 12.3. The van der Waals surface area contributed by atoms with Crippen molar-refractivity contribution in [2.45, 2.75) is 33.7 Å². The van der Waals surface area contributed by atoms with Crippen LogP contribution in [-0.2, 0) is 13.0 Å². The molecule has 4 heteroatoms. The molecule has 1 heterocycles. The van der Waals surface area contributed by atoms with Gasteiger partial charge in [0.2, 0.25) is 0 Å². The van der Waals surface area contributed by atoms with Crippen LogP contribution in [-0.4, -0.2) is 15.7 Å². The van der Waals surface area contributed by atoms with E-state index in [4.69, 9.17) is 0 Å². The Kier molecular flexibility index (Phi) is 4.00. The minimum absolute atomic E-state index is 0.108. The first-order valence-electron chi connectivity index (χ1n) is 6.59. The molecule has 1 aromatic heterocycles. The molecule has 0 aliphatic heterocycles. The molecule has 0 radical (unpaired) electrons. The third-order valence-corrected chi connectivity index (χ3v) is 3.08. The molecule has 0 saturated heterocycles. The quantitative estimate of drug-likeness (QED) is 0.915. The van der Waals surface area contributed by atoms with Crippen LogP contribution < -0.4 is 5.32 Å². The molecule has 1 amide bonds. The van der Waals surface area contributed by atoms with Gasteiger partial charge in [-0.05, 0) is 38.0 Å². The van der Waals surface area contributed by atoms with E-state index in [-0.39, 0.29) is 5.91 Å². The number of amides is 1. The number of hydrogen-bond acceptors (Lipinski definition) is 2. The molecule has 0 unspecified atom stereocenters. The third-order valence-electron chi connectivity index (χ3n) is 3.08. The van der Waals surface area contributed by atoms with Gasteiger partial charge in [-0.25, -0.2) is 0 Å². The Balaban J connectivity index is 2.25.